The molecule has 2 heterocycles. The lowest BCUT2D eigenvalue weighted by molar-refractivity contribution is -0.0390. The fourth-order valence-corrected chi connectivity index (χ4v) is 1.81. The molecule has 1 aliphatic rings. The van der Waals surface area contributed by atoms with Gasteiger partial charge < -0.3 is 19.3 Å². The van der Waals surface area contributed by atoms with Gasteiger partial charge in [0, 0.05) is 12.6 Å². The number of morpholine rings is 1. The molecule has 2 unspecified atom stereocenters. The molecule has 98 valence electrons. The molecule has 2 atom stereocenters. The lowest BCUT2D eigenvalue weighted by Crippen LogP contribution is -2.50. The van der Waals surface area contributed by atoms with E-state index < -0.39 is 5.97 Å². The quantitative estimate of drug-likeness (QED) is 0.831. The van der Waals surface area contributed by atoms with Crippen LogP contribution in [0.4, 0.5) is 0 Å². The number of nitrogens with zero attached hydrogens (tertiary/aromatic N) is 2. The highest BCUT2D eigenvalue weighted by molar-refractivity contribution is 5.95. The van der Waals surface area contributed by atoms with E-state index in [9.17, 15) is 9.59 Å². The number of carboxylic acid groups (broad SMARTS) is 1. The molecule has 1 amide bonds. The maximum absolute atomic E-state index is 12.1. The van der Waals surface area contributed by atoms with Crippen molar-refractivity contribution in [1.29, 1.82) is 0 Å². The molecule has 1 N–H and O–H groups in total. The van der Waals surface area contributed by atoms with Gasteiger partial charge in [-0.1, -0.05) is 5.16 Å². The monoisotopic (exact) mass is 254 g/mol. The lowest BCUT2D eigenvalue weighted by atomic mass is 10.2. The van der Waals surface area contributed by atoms with Crippen molar-refractivity contribution < 1.29 is 24.0 Å². The van der Waals surface area contributed by atoms with Crippen LogP contribution in [0, 0.1) is 0 Å². The molecular weight excluding hydrogens is 240 g/mol. The van der Waals surface area contributed by atoms with E-state index in [1.54, 1.807) is 4.90 Å². The molecule has 1 aromatic heterocycles. The minimum atomic E-state index is -1.25. The van der Waals surface area contributed by atoms with Gasteiger partial charge in [-0.2, -0.15) is 0 Å². The number of hydrogen-bond acceptors (Lipinski definition) is 5. The van der Waals surface area contributed by atoms with Crippen LogP contribution >= 0.6 is 0 Å². The Bertz CT molecular complexity index is 470. The molecule has 1 aliphatic heterocycles. The third kappa shape index (κ3) is 2.35. The first-order chi connectivity index (χ1) is 8.49. The molecule has 0 bridgehead atoms. The van der Waals surface area contributed by atoms with Crippen LogP contribution in [0.3, 0.4) is 0 Å². The molecule has 0 spiro atoms. The summed E-state index contributed by atoms with van der Waals surface area (Å²) in [4.78, 5) is 24.4. The van der Waals surface area contributed by atoms with Crippen LogP contribution in [0.1, 0.15) is 34.9 Å². The van der Waals surface area contributed by atoms with Crippen molar-refractivity contribution in [3.8, 4) is 0 Å². The van der Waals surface area contributed by atoms with E-state index in [4.69, 9.17) is 9.84 Å². The molecule has 1 aromatic rings. The van der Waals surface area contributed by atoms with E-state index in [2.05, 4.69) is 9.68 Å². The third-order valence-electron chi connectivity index (χ3n) is 2.81. The van der Waals surface area contributed by atoms with Gasteiger partial charge in [-0.25, -0.2) is 4.79 Å². The molecule has 0 saturated carbocycles. The molecule has 0 aliphatic carbocycles. The maximum Gasteiger partial charge on any atom is 0.374 e. The molecule has 0 aromatic carbocycles. The van der Waals surface area contributed by atoms with E-state index in [-0.39, 0.29) is 29.5 Å². The smallest absolute Gasteiger partial charge is 0.374 e. The van der Waals surface area contributed by atoms with Crippen LogP contribution in [0.15, 0.2) is 10.6 Å². The van der Waals surface area contributed by atoms with Crippen molar-refractivity contribution in [3.05, 3.63) is 17.5 Å². The number of carbonyl (C=O) groups is 2. The number of carbonyl (C=O) groups excluding carboxylic acids is 1. The summed E-state index contributed by atoms with van der Waals surface area (Å²) in [6.07, 6.45) is -0.0454. The van der Waals surface area contributed by atoms with E-state index in [1.165, 1.54) is 0 Å². The van der Waals surface area contributed by atoms with Gasteiger partial charge in [-0.05, 0) is 13.8 Å². The molecule has 2 rings (SSSR count). The average Bonchev–Trinajstić information content (AvgIpc) is 2.81. The van der Waals surface area contributed by atoms with Crippen LogP contribution in [0.25, 0.3) is 0 Å². The Hall–Kier alpha value is -1.89. The molecule has 7 nitrogen and oxygen atoms in total. The van der Waals surface area contributed by atoms with Gasteiger partial charge >= 0.3 is 5.97 Å². The van der Waals surface area contributed by atoms with Crippen LogP contribution in [0.2, 0.25) is 0 Å². The van der Waals surface area contributed by atoms with Gasteiger partial charge in [0.05, 0.1) is 18.8 Å². The summed E-state index contributed by atoms with van der Waals surface area (Å²) in [5.41, 5.74) is 0.00773. The van der Waals surface area contributed by atoms with E-state index in [1.807, 2.05) is 13.8 Å². The van der Waals surface area contributed by atoms with Gasteiger partial charge in [0.15, 0.2) is 5.69 Å². The third-order valence-corrected chi connectivity index (χ3v) is 2.81. The number of aromatic carboxylic acids is 1. The van der Waals surface area contributed by atoms with Crippen LogP contribution < -0.4 is 0 Å². The van der Waals surface area contributed by atoms with E-state index in [0.717, 1.165) is 6.07 Å². The summed E-state index contributed by atoms with van der Waals surface area (Å²) in [6.45, 7) is 4.64. The van der Waals surface area contributed by atoms with Gasteiger partial charge in [0.1, 0.15) is 0 Å². The number of rotatable bonds is 2. The molecule has 1 saturated heterocycles. The van der Waals surface area contributed by atoms with Gasteiger partial charge in [-0.3, -0.25) is 4.79 Å². The minimum Gasteiger partial charge on any atom is -0.475 e. The average molecular weight is 254 g/mol. The van der Waals surface area contributed by atoms with Crippen molar-refractivity contribution in [3.63, 3.8) is 0 Å². The first-order valence-corrected chi connectivity index (χ1v) is 5.61. The Labute approximate surface area is 103 Å². The van der Waals surface area contributed by atoms with Gasteiger partial charge in [-0.15, -0.1) is 0 Å². The predicted octanol–water partition coefficient (Wildman–Crippen LogP) is 0.622. The Balaban J connectivity index is 2.16. The van der Waals surface area contributed by atoms with Crippen LogP contribution in [-0.4, -0.2) is 52.3 Å². The molecule has 0 radical (unpaired) electrons. The van der Waals surface area contributed by atoms with Crippen molar-refractivity contribution in [1.82, 2.24) is 10.1 Å². The van der Waals surface area contributed by atoms with Crippen molar-refractivity contribution in [2.45, 2.75) is 26.0 Å². The van der Waals surface area contributed by atoms with Crippen LogP contribution in [0.5, 0.6) is 0 Å². The second-order valence-corrected chi connectivity index (χ2v) is 4.33. The van der Waals surface area contributed by atoms with Crippen molar-refractivity contribution in [2.24, 2.45) is 0 Å². The first kappa shape index (κ1) is 12.6. The highest BCUT2D eigenvalue weighted by Crippen LogP contribution is 2.15. The fraction of sp³-hybridized carbons (Fsp3) is 0.545. The Morgan fingerprint density at radius 3 is 2.83 bits per heavy atom. The first-order valence-electron chi connectivity index (χ1n) is 5.61. The Morgan fingerprint density at radius 2 is 2.22 bits per heavy atom. The summed E-state index contributed by atoms with van der Waals surface area (Å²) in [7, 11) is 0. The topological polar surface area (TPSA) is 92.9 Å². The normalized spacial score (nSPS) is 24.0. The van der Waals surface area contributed by atoms with E-state index in [0.29, 0.717) is 13.2 Å². The zero-order valence-corrected chi connectivity index (χ0v) is 10.1. The maximum atomic E-state index is 12.1. The summed E-state index contributed by atoms with van der Waals surface area (Å²) in [6, 6.07) is 1.07. The molecular formula is C11H14N2O5. The van der Waals surface area contributed by atoms with E-state index >= 15 is 0 Å². The summed E-state index contributed by atoms with van der Waals surface area (Å²) in [5, 5.41) is 12.2. The Morgan fingerprint density at radius 1 is 1.50 bits per heavy atom. The largest absolute Gasteiger partial charge is 0.475 e. The summed E-state index contributed by atoms with van der Waals surface area (Å²) < 4.78 is 9.99. The van der Waals surface area contributed by atoms with Gasteiger partial charge in [0.2, 0.25) is 5.76 Å². The standard InChI is InChI=1S/C11H14N2O5/c1-6-5-17-7(2)4-13(6)10(14)8-3-9(11(15)16)18-12-8/h3,6-7H,4-5H2,1-2H3,(H,15,16). The summed E-state index contributed by atoms with van der Waals surface area (Å²) in [5.74, 6) is -1.92. The molecule has 7 heteroatoms. The second kappa shape index (κ2) is 4.77. The number of hydrogen-bond donors (Lipinski definition) is 1. The number of amides is 1. The number of carboxylic acids is 1. The Kier molecular flexibility index (Phi) is 3.33. The highest BCUT2D eigenvalue weighted by Gasteiger charge is 2.30. The van der Waals surface area contributed by atoms with Crippen LogP contribution in [-0.2, 0) is 4.74 Å². The highest BCUT2D eigenvalue weighted by atomic mass is 16.5. The number of ether oxygens (including phenoxy) is 1. The molecule has 18 heavy (non-hydrogen) atoms. The zero-order valence-electron chi connectivity index (χ0n) is 10.1. The summed E-state index contributed by atoms with van der Waals surface area (Å²) >= 11 is 0. The van der Waals surface area contributed by atoms with Crippen molar-refractivity contribution in [2.75, 3.05) is 13.2 Å². The number of aromatic nitrogens is 1. The predicted molar refractivity (Wildman–Crippen MR) is 59.4 cm³/mol. The minimum absolute atomic E-state index is 0.00773. The lowest BCUT2D eigenvalue weighted by Gasteiger charge is -2.36. The SMILES string of the molecule is CC1CN(C(=O)c2cc(C(=O)O)on2)C(C)CO1. The van der Waals surface area contributed by atoms with Crippen molar-refractivity contribution >= 4 is 11.9 Å². The molecule has 1 fully saturated rings. The van der Waals surface area contributed by atoms with Gasteiger partial charge in [0.25, 0.3) is 5.91 Å². The fourth-order valence-electron chi connectivity index (χ4n) is 1.81. The second-order valence-electron chi connectivity index (χ2n) is 4.33. The zero-order chi connectivity index (χ0) is 13.3.